The van der Waals surface area contributed by atoms with E-state index in [9.17, 15) is 4.79 Å². The molecule has 1 amide bonds. The molecule has 3 atom stereocenters. The summed E-state index contributed by atoms with van der Waals surface area (Å²) in [4.78, 5) is 19.1. The van der Waals surface area contributed by atoms with Gasteiger partial charge < -0.3 is 14.5 Å². The van der Waals surface area contributed by atoms with Crippen molar-refractivity contribution in [1.29, 1.82) is 0 Å². The predicted octanol–water partition coefficient (Wildman–Crippen LogP) is 2.17. The van der Waals surface area contributed by atoms with Crippen molar-refractivity contribution >= 4 is 17.2 Å². The molecule has 1 N–H and O–H groups in total. The Morgan fingerprint density at radius 3 is 3.17 bits per heavy atom. The van der Waals surface area contributed by atoms with Crippen LogP contribution in [0.2, 0.25) is 0 Å². The molecule has 4 rings (SSSR count). The van der Waals surface area contributed by atoms with Gasteiger partial charge in [0.15, 0.2) is 0 Å². The Bertz CT molecular complexity index is 659. The van der Waals surface area contributed by atoms with E-state index in [1.165, 1.54) is 0 Å². The molecule has 2 aromatic heterocycles. The molecule has 2 aliphatic heterocycles. The molecular formula is C17H21N3O3S. The highest BCUT2D eigenvalue weighted by Crippen LogP contribution is 2.32. The molecule has 2 aromatic rings. The van der Waals surface area contributed by atoms with E-state index in [-0.39, 0.29) is 18.1 Å². The van der Waals surface area contributed by atoms with E-state index in [0.717, 1.165) is 43.1 Å². The van der Waals surface area contributed by atoms with E-state index in [4.69, 9.17) is 9.15 Å². The van der Waals surface area contributed by atoms with Crippen LogP contribution in [0.5, 0.6) is 0 Å². The third kappa shape index (κ3) is 3.38. The van der Waals surface area contributed by atoms with Crippen LogP contribution in [0.1, 0.15) is 30.0 Å². The quantitative estimate of drug-likeness (QED) is 0.898. The molecule has 0 aromatic carbocycles. The van der Waals surface area contributed by atoms with Gasteiger partial charge in [-0.1, -0.05) is 0 Å². The molecule has 7 heteroatoms. The van der Waals surface area contributed by atoms with Crippen LogP contribution < -0.4 is 5.32 Å². The number of ether oxygens (including phenoxy) is 1. The van der Waals surface area contributed by atoms with Gasteiger partial charge in [-0.25, -0.2) is 4.98 Å². The summed E-state index contributed by atoms with van der Waals surface area (Å²) in [7, 11) is 0. The molecule has 2 fully saturated rings. The Balaban J connectivity index is 1.29. The normalized spacial score (nSPS) is 27.1. The van der Waals surface area contributed by atoms with Crippen molar-refractivity contribution in [3.63, 3.8) is 0 Å². The minimum atomic E-state index is -0.346. The molecule has 2 aliphatic rings. The second-order valence-electron chi connectivity index (χ2n) is 6.29. The van der Waals surface area contributed by atoms with Crippen LogP contribution in [-0.4, -0.2) is 40.6 Å². The fourth-order valence-corrected chi connectivity index (χ4v) is 4.25. The van der Waals surface area contributed by atoms with Gasteiger partial charge in [0, 0.05) is 24.2 Å². The van der Waals surface area contributed by atoms with Gasteiger partial charge >= 0.3 is 0 Å². The molecule has 0 aliphatic carbocycles. The van der Waals surface area contributed by atoms with Crippen molar-refractivity contribution in [2.45, 2.75) is 50.6 Å². The van der Waals surface area contributed by atoms with Crippen LogP contribution in [0, 0.1) is 0 Å². The van der Waals surface area contributed by atoms with Crippen LogP contribution in [0.3, 0.4) is 0 Å². The van der Waals surface area contributed by atoms with Crippen LogP contribution in [0.25, 0.3) is 0 Å². The number of carbonyl (C=O) groups is 1. The fraction of sp³-hybridized carbons (Fsp3) is 0.529. The average molecular weight is 347 g/mol. The number of amides is 1. The van der Waals surface area contributed by atoms with E-state index in [1.54, 1.807) is 17.6 Å². The van der Waals surface area contributed by atoms with Gasteiger partial charge in [0.25, 0.3) is 0 Å². The first-order valence-corrected chi connectivity index (χ1v) is 9.25. The van der Waals surface area contributed by atoms with Crippen LogP contribution in [0.4, 0.5) is 0 Å². The summed E-state index contributed by atoms with van der Waals surface area (Å²) in [5, 5.41) is 6.06. The summed E-state index contributed by atoms with van der Waals surface area (Å²) in [6, 6.07) is 4.08. The molecule has 4 heterocycles. The fourth-order valence-electron chi connectivity index (χ4n) is 3.61. The van der Waals surface area contributed by atoms with Crippen molar-refractivity contribution in [1.82, 2.24) is 15.2 Å². The average Bonchev–Trinajstić information content (AvgIpc) is 3.35. The third-order valence-electron chi connectivity index (χ3n) is 4.79. The minimum absolute atomic E-state index is 0.0387. The number of aromatic nitrogens is 1. The largest absolute Gasteiger partial charge is 0.467 e. The molecule has 6 nitrogen and oxygen atoms in total. The lowest BCUT2D eigenvalue weighted by molar-refractivity contribution is -0.144. The number of hydrogen-bond acceptors (Lipinski definition) is 6. The Labute approximate surface area is 144 Å². The first-order chi connectivity index (χ1) is 11.8. The molecule has 2 saturated heterocycles. The van der Waals surface area contributed by atoms with E-state index >= 15 is 0 Å². The molecule has 0 saturated carbocycles. The molecule has 0 spiro atoms. The number of furan rings is 1. The van der Waals surface area contributed by atoms with E-state index in [1.807, 2.05) is 23.7 Å². The summed E-state index contributed by atoms with van der Waals surface area (Å²) in [6.45, 7) is 2.31. The zero-order valence-electron chi connectivity index (χ0n) is 13.4. The Kier molecular flexibility index (Phi) is 4.64. The summed E-state index contributed by atoms with van der Waals surface area (Å²) in [5.74, 6) is 0.718. The zero-order valence-corrected chi connectivity index (χ0v) is 14.2. The summed E-state index contributed by atoms with van der Waals surface area (Å²) >= 11 is 1.69. The van der Waals surface area contributed by atoms with Crippen molar-refractivity contribution in [3.8, 4) is 0 Å². The first-order valence-electron chi connectivity index (χ1n) is 8.37. The summed E-state index contributed by atoms with van der Waals surface area (Å²) in [5.41, 5.74) is 0. The smallest absolute Gasteiger partial charge is 0.249 e. The number of carbonyl (C=O) groups excluding carboxylic acids is 1. The highest BCUT2D eigenvalue weighted by Gasteiger charge is 2.41. The summed E-state index contributed by atoms with van der Waals surface area (Å²) < 4.78 is 11.3. The van der Waals surface area contributed by atoms with Gasteiger partial charge in [0.1, 0.15) is 16.9 Å². The SMILES string of the molecule is O=C(NCc1ccco1)[C@@H]1CC[C@@H]2[C@@H](CCN2Cc2nccs2)O1. The number of hydrogen-bond donors (Lipinski definition) is 1. The monoisotopic (exact) mass is 347 g/mol. The topological polar surface area (TPSA) is 67.6 Å². The van der Waals surface area contributed by atoms with Crippen LogP contribution in [-0.2, 0) is 22.6 Å². The number of fused-ring (bicyclic) bond motifs is 1. The lowest BCUT2D eigenvalue weighted by atomic mass is 9.98. The lowest BCUT2D eigenvalue weighted by Crippen LogP contribution is -2.47. The number of nitrogens with zero attached hydrogens (tertiary/aromatic N) is 2. The highest BCUT2D eigenvalue weighted by molar-refractivity contribution is 7.09. The minimum Gasteiger partial charge on any atom is -0.467 e. The van der Waals surface area contributed by atoms with Crippen LogP contribution >= 0.6 is 11.3 Å². The zero-order chi connectivity index (χ0) is 16.4. The van der Waals surface area contributed by atoms with Crippen molar-refractivity contribution in [3.05, 3.63) is 40.7 Å². The second-order valence-corrected chi connectivity index (χ2v) is 7.27. The van der Waals surface area contributed by atoms with Gasteiger partial charge in [-0.05, 0) is 31.4 Å². The molecule has 0 unspecified atom stereocenters. The van der Waals surface area contributed by atoms with Gasteiger partial charge in [-0.3, -0.25) is 9.69 Å². The molecule has 0 bridgehead atoms. The molecular weight excluding hydrogens is 326 g/mol. The van der Waals surface area contributed by atoms with Gasteiger partial charge in [0.2, 0.25) is 5.91 Å². The second kappa shape index (κ2) is 7.04. The Morgan fingerprint density at radius 1 is 1.42 bits per heavy atom. The van der Waals surface area contributed by atoms with Crippen molar-refractivity contribution < 1.29 is 13.9 Å². The first kappa shape index (κ1) is 15.8. The Morgan fingerprint density at radius 2 is 2.38 bits per heavy atom. The standard InChI is InChI=1S/C17H21N3O3S/c21-17(19-10-12-2-1-8-22-12)15-4-3-13-14(23-15)5-7-20(13)11-16-18-6-9-24-16/h1-2,6,8-9,13-15H,3-5,7,10-11H2,(H,19,21)/t13-,14-,15+/m1/s1. The molecule has 0 radical (unpaired) electrons. The van der Waals surface area contributed by atoms with Gasteiger partial charge in [-0.2, -0.15) is 0 Å². The van der Waals surface area contributed by atoms with Crippen LogP contribution in [0.15, 0.2) is 34.4 Å². The highest BCUT2D eigenvalue weighted by atomic mass is 32.1. The molecule has 24 heavy (non-hydrogen) atoms. The lowest BCUT2D eigenvalue weighted by Gasteiger charge is -2.35. The summed E-state index contributed by atoms with van der Waals surface area (Å²) in [6.07, 6.45) is 6.01. The third-order valence-corrected chi connectivity index (χ3v) is 5.56. The predicted molar refractivity (Wildman–Crippen MR) is 89.4 cm³/mol. The van der Waals surface area contributed by atoms with Crippen molar-refractivity contribution in [2.24, 2.45) is 0 Å². The number of likely N-dealkylation sites (tertiary alicyclic amines) is 1. The van der Waals surface area contributed by atoms with E-state index in [0.29, 0.717) is 12.6 Å². The van der Waals surface area contributed by atoms with E-state index < -0.39 is 0 Å². The van der Waals surface area contributed by atoms with Crippen molar-refractivity contribution in [2.75, 3.05) is 6.54 Å². The number of rotatable bonds is 5. The molecule has 128 valence electrons. The maximum Gasteiger partial charge on any atom is 0.249 e. The number of nitrogens with one attached hydrogen (secondary N) is 1. The van der Waals surface area contributed by atoms with Gasteiger partial charge in [-0.15, -0.1) is 11.3 Å². The van der Waals surface area contributed by atoms with Gasteiger partial charge in [0.05, 0.1) is 25.5 Å². The maximum atomic E-state index is 12.3. The Hall–Kier alpha value is -1.70. The van der Waals surface area contributed by atoms with E-state index in [2.05, 4.69) is 15.2 Å². The maximum absolute atomic E-state index is 12.3. The number of thiazole rings is 1.